The predicted molar refractivity (Wildman–Crippen MR) is 233 cm³/mol. The summed E-state index contributed by atoms with van der Waals surface area (Å²) in [5.41, 5.74) is 1.65. The highest BCUT2D eigenvalue weighted by atomic mass is 16.5. The summed E-state index contributed by atoms with van der Waals surface area (Å²) >= 11 is 0. The summed E-state index contributed by atoms with van der Waals surface area (Å²) < 4.78 is 6.40. The van der Waals surface area contributed by atoms with E-state index in [0.29, 0.717) is 37.6 Å². The summed E-state index contributed by atoms with van der Waals surface area (Å²) in [6, 6.07) is 0. The second kappa shape index (κ2) is 19.1. The molecule has 0 aromatic carbocycles. The number of carboxylic acids is 1. The maximum absolute atomic E-state index is 14.5. The summed E-state index contributed by atoms with van der Waals surface area (Å²) in [5.74, 6) is 0.251. The van der Waals surface area contributed by atoms with Crippen LogP contribution in [0.15, 0.2) is 11.6 Å². The van der Waals surface area contributed by atoms with Crippen LogP contribution in [0.3, 0.4) is 0 Å². The molecule has 330 valence electrons. The normalized spacial score (nSPS) is 34.6. The number of unbranched alkanes of at least 4 members (excludes halogenated alkanes) is 10. The molecule has 5 rings (SSSR count). The molecule has 0 radical (unpaired) electrons. The Bertz CT molecular complexity index is 1490. The number of carboxylic acid groups (broad SMARTS) is 1. The molecule has 0 unspecified atom stereocenters. The Labute approximate surface area is 353 Å². The van der Waals surface area contributed by atoms with E-state index in [1.807, 2.05) is 0 Å². The van der Waals surface area contributed by atoms with Crippen molar-refractivity contribution in [3.05, 3.63) is 11.6 Å². The zero-order valence-corrected chi connectivity index (χ0v) is 38.3. The third-order valence-corrected chi connectivity index (χ3v) is 17.6. The van der Waals surface area contributed by atoms with Crippen molar-refractivity contribution in [1.82, 2.24) is 10.6 Å². The minimum Gasteiger partial charge on any atom is -0.480 e. The van der Waals surface area contributed by atoms with E-state index >= 15 is 0 Å². The van der Waals surface area contributed by atoms with E-state index in [1.165, 1.54) is 51.4 Å². The molecule has 2 amide bonds. The summed E-state index contributed by atoms with van der Waals surface area (Å²) in [6.07, 6.45) is 27.5. The second-order valence-electron chi connectivity index (χ2n) is 22.0. The van der Waals surface area contributed by atoms with Crippen molar-refractivity contribution >= 4 is 23.8 Å². The van der Waals surface area contributed by atoms with E-state index in [-0.39, 0.29) is 68.8 Å². The number of carbonyl (C=O) groups is 4. The van der Waals surface area contributed by atoms with Gasteiger partial charge >= 0.3 is 11.9 Å². The number of amides is 2. The number of hydrogen-bond acceptors (Lipinski definition) is 5. The summed E-state index contributed by atoms with van der Waals surface area (Å²) in [6.45, 7) is 19.9. The van der Waals surface area contributed by atoms with E-state index in [1.54, 1.807) is 5.57 Å². The fourth-order valence-electron chi connectivity index (χ4n) is 13.9. The van der Waals surface area contributed by atoms with Crippen molar-refractivity contribution in [3.8, 4) is 0 Å². The SMILES string of the molecule is CCCCCCCCCCCC(=O)O[C@H]1CC[C@]2(C)[C@H]3CC=C4[C@@H]5CC(C)(C)CC[C@]5(C(=O)NCCCCCC(=O)NCC(=O)O)CC[C@@]4(C)[C@]3(C)CC[C@H]2C1(C)C. The van der Waals surface area contributed by atoms with Crippen LogP contribution in [0.2, 0.25) is 0 Å². The third-order valence-electron chi connectivity index (χ3n) is 17.6. The number of fused-ring (bicyclic) bond motifs is 7. The molecule has 0 saturated heterocycles. The lowest BCUT2D eigenvalue weighted by atomic mass is 9.33. The first-order valence-electron chi connectivity index (χ1n) is 24.0. The van der Waals surface area contributed by atoms with E-state index in [0.717, 1.165) is 83.5 Å². The van der Waals surface area contributed by atoms with Gasteiger partial charge in [-0.15, -0.1) is 0 Å². The number of hydrogen-bond donors (Lipinski definition) is 3. The molecule has 0 heterocycles. The van der Waals surface area contributed by atoms with Gasteiger partial charge in [-0.3, -0.25) is 19.2 Å². The summed E-state index contributed by atoms with van der Waals surface area (Å²) in [4.78, 5) is 50.4. The molecule has 4 fully saturated rings. The minimum absolute atomic E-state index is 0.00663. The van der Waals surface area contributed by atoms with E-state index < -0.39 is 5.97 Å². The zero-order chi connectivity index (χ0) is 42.4. The Hall–Kier alpha value is -2.38. The average Bonchev–Trinajstić information content (AvgIpc) is 3.15. The van der Waals surface area contributed by atoms with Crippen LogP contribution in [0, 0.1) is 50.2 Å². The first-order valence-corrected chi connectivity index (χ1v) is 24.0. The van der Waals surface area contributed by atoms with Gasteiger partial charge in [-0.25, -0.2) is 0 Å². The smallest absolute Gasteiger partial charge is 0.322 e. The molecule has 3 N–H and O–H groups in total. The Kier molecular flexibility index (Phi) is 15.4. The largest absolute Gasteiger partial charge is 0.480 e. The van der Waals surface area contributed by atoms with Crippen LogP contribution in [0.4, 0.5) is 0 Å². The van der Waals surface area contributed by atoms with Gasteiger partial charge in [0.15, 0.2) is 0 Å². The van der Waals surface area contributed by atoms with Gasteiger partial charge in [0.05, 0.1) is 5.41 Å². The van der Waals surface area contributed by atoms with Gasteiger partial charge in [-0.05, 0) is 123 Å². The molecular weight excluding hydrogens is 725 g/mol. The lowest BCUT2D eigenvalue weighted by Crippen LogP contribution is -2.65. The highest BCUT2D eigenvalue weighted by Crippen LogP contribution is 2.76. The Balaban J connectivity index is 1.22. The molecule has 8 atom stereocenters. The van der Waals surface area contributed by atoms with Gasteiger partial charge in [-0.2, -0.15) is 0 Å². The lowest BCUT2D eigenvalue weighted by molar-refractivity contribution is -0.213. The number of esters is 1. The van der Waals surface area contributed by atoms with Crippen molar-refractivity contribution in [2.75, 3.05) is 13.1 Å². The molecule has 0 aromatic rings. The molecule has 4 saturated carbocycles. The highest BCUT2D eigenvalue weighted by molar-refractivity contribution is 5.84. The molecule has 5 aliphatic rings. The maximum Gasteiger partial charge on any atom is 0.322 e. The fourth-order valence-corrected chi connectivity index (χ4v) is 13.9. The van der Waals surface area contributed by atoms with Crippen LogP contribution >= 0.6 is 0 Å². The van der Waals surface area contributed by atoms with E-state index in [2.05, 4.69) is 72.1 Å². The van der Waals surface area contributed by atoms with Gasteiger partial charge in [0.25, 0.3) is 0 Å². The Morgan fingerprint density at radius 1 is 0.724 bits per heavy atom. The standard InChI is InChI=1S/C50H84N2O6/c1-9-10-11-12-13-14-15-16-19-22-43(56)58-40-26-27-47(6)38(46(40,4)5)25-28-49(8)39(47)24-23-36-37-34-45(2,3)29-31-50(37,32-30-48(36,49)7)44(57)51-33-20-17-18-21-41(53)52-35-42(54)55/h23,37-40H,9-22,24-35H2,1-8H3,(H,51,57)(H,52,53)(H,54,55)/t37-,38-,39+,40-,47-,48+,49+,50-/m0/s1. The average molecular weight is 809 g/mol. The monoisotopic (exact) mass is 809 g/mol. The van der Waals surface area contributed by atoms with Gasteiger partial charge < -0.3 is 20.5 Å². The molecule has 8 nitrogen and oxygen atoms in total. The van der Waals surface area contributed by atoms with E-state index in [4.69, 9.17) is 9.84 Å². The van der Waals surface area contributed by atoms with Gasteiger partial charge in [0, 0.05) is 24.8 Å². The van der Waals surface area contributed by atoms with E-state index in [9.17, 15) is 19.2 Å². The molecule has 8 heteroatoms. The predicted octanol–water partition coefficient (Wildman–Crippen LogP) is 11.5. The van der Waals surface area contributed by atoms with Crippen LogP contribution in [0.25, 0.3) is 0 Å². The molecular formula is C50H84N2O6. The van der Waals surface area contributed by atoms with Gasteiger partial charge in [-0.1, -0.05) is 125 Å². The van der Waals surface area contributed by atoms with Crippen LogP contribution in [-0.2, 0) is 23.9 Å². The number of carbonyl (C=O) groups excluding carboxylic acids is 3. The number of ether oxygens (including phenoxy) is 1. The zero-order valence-electron chi connectivity index (χ0n) is 38.3. The minimum atomic E-state index is -1.04. The van der Waals surface area contributed by atoms with Crippen molar-refractivity contribution in [2.24, 2.45) is 50.2 Å². The summed E-state index contributed by atoms with van der Waals surface area (Å²) in [7, 11) is 0. The Morgan fingerprint density at radius 3 is 2.05 bits per heavy atom. The van der Waals surface area contributed by atoms with Crippen LogP contribution in [0.1, 0.15) is 209 Å². The second-order valence-corrected chi connectivity index (χ2v) is 22.0. The highest BCUT2D eigenvalue weighted by Gasteiger charge is 2.69. The summed E-state index contributed by atoms with van der Waals surface area (Å²) in [5, 5.41) is 14.6. The molecule has 0 aliphatic heterocycles. The van der Waals surface area contributed by atoms with Crippen LogP contribution < -0.4 is 10.6 Å². The number of aliphatic carboxylic acids is 1. The molecule has 0 spiro atoms. The van der Waals surface area contributed by atoms with Gasteiger partial charge in [0.2, 0.25) is 11.8 Å². The topological polar surface area (TPSA) is 122 Å². The van der Waals surface area contributed by atoms with Crippen LogP contribution in [-0.4, -0.2) is 48.1 Å². The van der Waals surface area contributed by atoms with Crippen LogP contribution in [0.5, 0.6) is 0 Å². The van der Waals surface area contributed by atoms with Gasteiger partial charge in [0.1, 0.15) is 12.6 Å². The number of nitrogens with one attached hydrogen (secondary N) is 2. The van der Waals surface area contributed by atoms with Crippen molar-refractivity contribution in [3.63, 3.8) is 0 Å². The molecule has 58 heavy (non-hydrogen) atoms. The first-order chi connectivity index (χ1) is 27.4. The number of rotatable bonds is 20. The molecule has 0 aromatic heterocycles. The third kappa shape index (κ3) is 9.72. The first kappa shape index (κ1) is 46.7. The molecule has 5 aliphatic carbocycles. The lowest BCUT2D eigenvalue weighted by Gasteiger charge is -2.71. The maximum atomic E-state index is 14.5. The van der Waals surface area contributed by atoms with Crippen molar-refractivity contribution in [1.29, 1.82) is 0 Å². The number of allylic oxidation sites excluding steroid dienone is 2. The Morgan fingerprint density at radius 2 is 1.36 bits per heavy atom. The molecule has 0 bridgehead atoms. The van der Waals surface area contributed by atoms with Crippen molar-refractivity contribution < 1.29 is 29.0 Å². The quantitative estimate of drug-likeness (QED) is 0.0640. The fraction of sp³-hybridized carbons (Fsp3) is 0.880. The van der Waals surface area contributed by atoms with Crippen molar-refractivity contribution in [2.45, 2.75) is 216 Å².